The van der Waals surface area contributed by atoms with Gasteiger partial charge in [0, 0.05) is 23.0 Å². The molecule has 0 amide bonds. The minimum atomic E-state index is -0.241. The van der Waals surface area contributed by atoms with Crippen molar-refractivity contribution in [3.8, 4) is 33.6 Å². The third kappa shape index (κ3) is 2.43. The van der Waals surface area contributed by atoms with Crippen LogP contribution in [-0.4, -0.2) is 4.98 Å². The Morgan fingerprint density at radius 3 is 2.76 bits per heavy atom. The van der Waals surface area contributed by atoms with E-state index in [9.17, 15) is 4.39 Å². The molecule has 0 atom stereocenters. The molecule has 0 unspecified atom stereocenters. The first-order chi connectivity index (χ1) is 12.3. The topological polar surface area (TPSA) is 26.0 Å². The molecule has 2 aliphatic carbocycles. The first-order valence-electron chi connectivity index (χ1n) is 8.53. The summed E-state index contributed by atoms with van der Waals surface area (Å²) in [5.74, 6) is 0.565. The fraction of sp³-hybridized carbons (Fsp3) is 0.136. The zero-order chi connectivity index (χ0) is 16.8. The Morgan fingerprint density at radius 2 is 1.84 bits per heavy atom. The zero-order valence-electron chi connectivity index (χ0n) is 13.6. The summed E-state index contributed by atoms with van der Waals surface area (Å²) in [7, 11) is 0. The molecule has 0 fully saturated rings. The van der Waals surface area contributed by atoms with E-state index in [1.807, 2.05) is 36.5 Å². The van der Waals surface area contributed by atoms with Gasteiger partial charge in [0.15, 0.2) is 0 Å². The van der Waals surface area contributed by atoms with Gasteiger partial charge in [0.1, 0.15) is 11.6 Å². The fourth-order valence-electron chi connectivity index (χ4n) is 3.73. The molecule has 122 valence electrons. The lowest BCUT2D eigenvalue weighted by Gasteiger charge is -2.10. The summed E-state index contributed by atoms with van der Waals surface area (Å²) in [5, 5.41) is 0. The van der Waals surface area contributed by atoms with E-state index < -0.39 is 0 Å². The van der Waals surface area contributed by atoms with E-state index in [0.29, 0.717) is 0 Å². The summed E-state index contributed by atoms with van der Waals surface area (Å²) in [4.78, 5) is 4.62. The van der Waals surface area contributed by atoms with Crippen LogP contribution in [0.25, 0.3) is 33.6 Å². The number of nitrogens with zero attached hydrogens (tertiary/aromatic N) is 1. The normalized spacial score (nSPS) is 13.3. The Balaban J connectivity index is 1.70. The van der Waals surface area contributed by atoms with E-state index in [1.165, 1.54) is 17.3 Å². The second-order valence-electron chi connectivity index (χ2n) is 6.55. The predicted molar refractivity (Wildman–Crippen MR) is 96.0 cm³/mol. The second kappa shape index (κ2) is 5.55. The van der Waals surface area contributed by atoms with Crippen LogP contribution in [0.5, 0.6) is 0 Å². The van der Waals surface area contributed by atoms with Crippen molar-refractivity contribution < 1.29 is 8.81 Å². The molecule has 25 heavy (non-hydrogen) atoms. The van der Waals surface area contributed by atoms with Gasteiger partial charge in [-0.25, -0.2) is 4.39 Å². The van der Waals surface area contributed by atoms with E-state index in [4.69, 9.17) is 4.42 Å². The molecule has 5 rings (SSSR count). The summed E-state index contributed by atoms with van der Waals surface area (Å²) in [5.41, 5.74) is 7.39. The van der Waals surface area contributed by atoms with Gasteiger partial charge in [0.25, 0.3) is 0 Å². The summed E-state index contributed by atoms with van der Waals surface area (Å²) in [6, 6.07) is 15.0. The Morgan fingerprint density at radius 1 is 0.880 bits per heavy atom. The van der Waals surface area contributed by atoms with Crippen LogP contribution in [0.3, 0.4) is 0 Å². The van der Waals surface area contributed by atoms with Gasteiger partial charge in [-0.05, 0) is 84.0 Å². The summed E-state index contributed by atoms with van der Waals surface area (Å²) >= 11 is 0. The summed E-state index contributed by atoms with van der Waals surface area (Å²) in [6.45, 7) is 0. The monoisotopic (exact) mass is 329 g/mol. The molecule has 2 aromatic rings. The average molecular weight is 329 g/mol. The van der Waals surface area contributed by atoms with Gasteiger partial charge < -0.3 is 4.42 Å². The van der Waals surface area contributed by atoms with Crippen molar-refractivity contribution in [3.63, 3.8) is 0 Å². The van der Waals surface area contributed by atoms with Crippen LogP contribution < -0.4 is 0 Å². The van der Waals surface area contributed by atoms with Crippen molar-refractivity contribution in [1.29, 1.82) is 0 Å². The molecule has 1 aromatic carbocycles. The van der Waals surface area contributed by atoms with Crippen molar-refractivity contribution in [1.82, 2.24) is 4.98 Å². The number of halogens is 1. The molecule has 0 radical (unpaired) electrons. The third-order valence-electron chi connectivity index (χ3n) is 4.95. The Hall–Kier alpha value is -2.94. The minimum Gasteiger partial charge on any atom is -0.464 e. The van der Waals surface area contributed by atoms with Crippen LogP contribution in [0, 0.1) is 5.82 Å². The van der Waals surface area contributed by atoms with Crippen LogP contribution in [-0.2, 0) is 12.8 Å². The maximum absolute atomic E-state index is 14.0. The largest absolute Gasteiger partial charge is 0.464 e. The summed E-state index contributed by atoms with van der Waals surface area (Å²) < 4.78 is 19.5. The van der Waals surface area contributed by atoms with Gasteiger partial charge in [-0.1, -0.05) is 6.07 Å². The molecule has 1 aromatic heterocycles. The first-order valence-corrected chi connectivity index (χ1v) is 8.53. The van der Waals surface area contributed by atoms with Gasteiger partial charge >= 0.3 is 0 Å². The van der Waals surface area contributed by atoms with Crippen molar-refractivity contribution in [3.05, 3.63) is 78.1 Å². The summed E-state index contributed by atoms with van der Waals surface area (Å²) in [6.07, 6.45) is 6.86. The number of rotatable bonds is 2. The van der Waals surface area contributed by atoms with Crippen molar-refractivity contribution in [2.75, 3.05) is 0 Å². The average Bonchev–Trinajstić information content (AvgIpc) is 3.27. The predicted octanol–water partition coefficient (Wildman–Crippen LogP) is 5.74. The number of hydrogen-bond acceptors (Lipinski definition) is 2. The molecule has 3 heteroatoms. The smallest absolute Gasteiger partial charge is 0.134 e. The van der Waals surface area contributed by atoms with Gasteiger partial charge in [-0.3, -0.25) is 4.98 Å². The van der Waals surface area contributed by atoms with Crippen LogP contribution >= 0.6 is 0 Å². The number of benzene rings is 1. The fourth-order valence-corrected chi connectivity index (χ4v) is 3.73. The molecule has 0 saturated heterocycles. The van der Waals surface area contributed by atoms with Gasteiger partial charge in [0.05, 0.1) is 6.26 Å². The van der Waals surface area contributed by atoms with Gasteiger partial charge in [0.2, 0.25) is 0 Å². The van der Waals surface area contributed by atoms with Gasteiger partial charge in [-0.15, -0.1) is 0 Å². The third-order valence-corrected chi connectivity index (χ3v) is 4.95. The zero-order valence-corrected chi connectivity index (χ0v) is 13.6. The van der Waals surface area contributed by atoms with Gasteiger partial charge in [-0.2, -0.15) is 0 Å². The lowest BCUT2D eigenvalue weighted by atomic mass is 9.95. The van der Waals surface area contributed by atoms with E-state index in [0.717, 1.165) is 52.8 Å². The van der Waals surface area contributed by atoms with E-state index >= 15 is 0 Å². The molecule has 0 saturated carbocycles. The molecule has 2 nitrogen and oxygen atoms in total. The van der Waals surface area contributed by atoms with Crippen LogP contribution in [0.1, 0.15) is 17.7 Å². The highest BCUT2D eigenvalue weighted by Gasteiger charge is 2.17. The molecule has 0 bridgehead atoms. The Labute approximate surface area is 145 Å². The molecular weight excluding hydrogens is 313 g/mol. The molecule has 0 spiro atoms. The number of fused-ring (bicyclic) bond motifs is 2. The number of aryl methyl sites for hydroxylation is 2. The van der Waals surface area contributed by atoms with Crippen molar-refractivity contribution in [2.24, 2.45) is 0 Å². The van der Waals surface area contributed by atoms with E-state index in [-0.39, 0.29) is 5.82 Å². The molecule has 1 aliphatic heterocycles. The Bertz CT molecular complexity index is 1020. The minimum absolute atomic E-state index is 0.241. The highest BCUT2D eigenvalue weighted by molar-refractivity contribution is 5.87. The molecule has 2 heterocycles. The van der Waals surface area contributed by atoms with E-state index in [1.54, 1.807) is 12.3 Å². The number of hydrogen-bond donors (Lipinski definition) is 0. The molecular formula is C22H16FNO. The maximum atomic E-state index is 14.0. The second-order valence-corrected chi connectivity index (χ2v) is 6.55. The highest BCUT2D eigenvalue weighted by atomic mass is 19.1. The Kier molecular flexibility index (Phi) is 3.20. The number of aromatic nitrogens is 1. The van der Waals surface area contributed by atoms with Crippen LogP contribution in [0.2, 0.25) is 0 Å². The maximum Gasteiger partial charge on any atom is 0.134 e. The lowest BCUT2D eigenvalue weighted by Crippen LogP contribution is -1.91. The highest BCUT2D eigenvalue weighted by Crippen LogP contribution is 2.38. The first kappa shape index (κ1) is 14.4. The van der Waals surface area contributed by atoms with E-state index in [2.05, 4.69) is 11.1 Å². The van der Waals surface area contributed by atoms with Crippen LogP contribution in [0.4, 0.5) is 4.39 Å². The lowest BCUT2D eigenvalue weighted by molar-refractivity contribution is 0.567. The number of pyridine rings is 1. The quantitative estimate of drug-likeness (QED) is 0.468. The van der Waals surface area contributed by atoms with Crippen molar-refractivity contribution >= 4 is 0 Å². The van der Waals surface area contributed by atoms with Crippen LogP contribution in [0.15, 0.2) is 65.4 Å². The standard InChI is InChI=1S/C22H16FNO/c23-18-6-7-19(17-9-14-3-1-5-21(14)24-13-17)20(12-18)16-10-15-4-2-8-25-22(15)11-16/h2,4,6-13H,1,3,5H2. The molecule has 0 N–H and O–H groups in total. The SMILES string of the molecule is Fc1ccc(-c2cnc3c(c2)CCC3)c(-c2cc3cccoc-3c2)c1. The van der Waals surface area contributed by atoms with Crippen molar-refractivity contribution in [2.45, 2.75) is 19.3 Å². The molecule has 3 aliphatic rings.